The van der Waals surface area contributed by atoms with Gasteiger partial charge in [-0.25, -0.2) is 18.6 Å². The molecule has 3 heterocycles. The van der Waals surface area contributed by atoms with Crippen LogP contribution in [-0.4, -0.2) is 44.7 Å². The number of nitrogens with one attached hydrogen (secondary N) is 1. The molecule has 0 radical (unpaired) electrons. The van der Waals surface area contributed by atoms with Gasteiger partial charge >= 0.3 is 6.03 Å². The molecule has 0 aliphatic carbocycles. The maximum absolute atomic E-state index is 13.2. The SMILES string of the molecule is O=C(Nc1ccnn1-c1ccc(Br)cn1)N1CCC(F)(F)C1. The molecular weight excluding hydrogens is 360 g/mol. The van der Waals surface area contributed by atoms with Crippen LogP contribution in [0.25, 0.3) is 5.82 Å². The predicted molar refractivity (Wildman–Crippen MR) is 79.2 cm³/mol. The van der Waals surface area contributed by atoms with E-state index in [-0.39, 0.29) is 13.0 Å². The highest BCUT2D eigenvalue weighted by Gasteiger charge is 2.40. The van der Waals surface area contributed by atoms with Gasteiger partial charge < -0.3 is 4.90 Å². The third-order valence-electron chi connectivity index (χ3n) is 3.26. The first-order valence-corrected chi connectivity index (χ1v) is 7.34. The molecule has 0 aromatic carbocycles. The summed E-state index contributed by atoms with van der Waals surface area (Å²) in [5.41, 5.74) is 0. The molecule has 6 nitrogen and oxygen atoms in total. The number of urea groups is 1. The molecule has 2 aromatic heterocycles. The van der Waals surface area contributed by atoms with E-state index in [4.69, 9.17) is 0 Å². The van der Waals surface area contributed by atoms with Crippen LogP contribution in [0, 0.1) is 0 Å². The van der Waals surface area contributed by atoms with E-state index in [2.05, 4.69) is 31.3 Å². The number of rotatable bonds is 2. The number of amides is 2. The molecular formula is C13H12BrF2N5O. The minimum atomic E-state index is -2.81. The highest BCUT2D eigenvalue weighted by molar-refractivity contribution is 9.10. The third-order valence-corrected chi connectivity index (χ3v) is 3.73. The van der Waals surface area contributed by atoms with Crippen LogP contribution in [0.1, 0.15) is 6.42 Å². The zero-order valence-corrected chi connectivity index (χ0v) is 12.9. The van der Waals surface area contributed by atoms with Crippen molar-refractivity contribution in [3.05, 3.63) is 35.1 Å². The van der Waals surface area contributed by atoms with Gasteiger partial charge in [0.05, 0.1) is 12.7 Å². The van der Waals surface area contributed by atoms with Gasteiger partial charge in [-0.3, -0.25) is 5.32 Å². The van der Waals surface area contributed by atoms with E-state index >= 15 is 0 Å². The molecule has 9 heteroatoms. The second kappa shape index (κ2) is 5.64. The van der Waals surface area contributed by atoms with E-state index in [0.29, 0.717) is 11.6 Å². The number of hydrogen-bond donors (Lipinski definition) is 1. The Bertz CT molecular complexity index is 688. The zero-order valence-electron chi connectivity index (χ0n) is 11.3. The molecule has 3 rings (SSSR count). The van der Waals surface area contributed by atoms with Crippen molar-refractivity contribution in [3.63, 3.8) is 0 Å². The lowest BCUT2D eigenvalue weighted by molar-refractivity contribution is 0.0159. The number of hydrogen-bond acceptors (Lipinski definition) is 3. The zero-order chi connectivity index (χ0) is 15.7. The maximum atomic E-state index is 13.2. The van der Waals surface area contributed by atoms with Gasteiger partial charge in [0.25, 0.3) is 5.92 Å². The monoisotopic (exact) mass is 371 g/mol. The quantitative estimate of drug-likeness (QED) is 0.882. The molecule has 22 heavy (non-hydrogen) atoms. The average Bonchev–Trinajstić information content (AvgIpc) is 3.06. The fraction of sp³-hybridized carbons (Fsp3) is 0.308. The van der Waals surface area contributed by atoms with Gasteiger partial charge in [0.1, 0.15) is 5.82 Å². The first kappa shape index (κ1) is 14.9. The molecule has 1 saturated heterocycles. The lowest BCUT2D eigenvalue weighted by Gasteiger charge is -2.17. The minimum absolute atomic E-state index is 0.0313. The van der Waals surface area contributed by atoms with Gasteiger partial charge in [0, 0.05) is 29.7 Å². The lowest BCUT2D eigenvalue weighted by Crippen LogP contribution is -2.35. The number of likely N-dealkylation sites (tertiary alicyclic amines) is 1. The summed E-state index contributed by atoms with van der Waals surface area (Å²) in [4.78, 5) is 17.3. The van der Waals surface area contributed by atoms with Crippen molar-refractivity contribution < 1.29 is 13.6 Å². The molecule has 1 aliphatic rings. The van der Waals surface area contributed by atoms with Crippen LogP contribution in [-0.2, 0) is 0 Å². The number of aromatic nitrogens is 3. The van der Waals surface area contributed by atoms with Crippen LogP contribution < -0.4 is 5.32 Å². The summed E-state index contributed by atoms with van der Waals surface area (Å²) < 4.78 is 28.6. The Morgan fingerprint density at radius 1 is 1.36 bits per heavy atom. The van der Waals surface area contributed by atoms with Crippen molar-refractivity contribution in [2.24, 2.45) is 0 Å². The molecule has 0 bridgehead atoms. The van der Waals surface area contributed by atoms with E-state index < -0.39 is 18.5 Å². The van der Waals surface area contributed by atoms with Crippen molar-refractivity contribution in [2.75, 3.05) is 18.4 Å². The van der Waals surface area contributed by atoms with Crippen molar-refractivity contribution in [3.8, 4) is 5.82 Å². The van der Waals surface area contributed by atoms with Crippen LogP contribution in [0.3, 0.4) is 0 Å². The fourth-order valence-corrected chi connectivity index (χ4v) is 2.41. The molecule has 0 spiro atoms. The lowest BCUT2D eigenvalue weighted by atomic mass is 10.3. The number of halogens is 3. The number of carbonyl (C=O) groups excluding carboxylic acids is 1. The molecule has 0 atom stereocenters. The molecule has 2 amide bonds. The first-order valence-electron chi connectivity index (χ1n) is 6.54. The van der Waals surface area contributed by atoms with E-state index in [0.717, 1.165) is 9.37 Å². The first-order chi connectivity index (χ1) is 10.4. The number of carbonyl (C=O) groups is 1. The predicted octanol–water partition coefficient (Wildman–Crippen LogP) is 2.90. The Balaban J connectivity index is 1.75. The Labute approximate surface area is 133 Å². The van der Waals surface area contributed by atoms with E-state index in [1.165, 1.54) is 10.9 Å². The molecule has 0 saturated carbocycles. The van der Waals surface area contributed by atoms with Gasteiger partial charge in [0.15, 0.2) is 5.82 Å². The smallest absolute Gasteiger partial charge is 0.318 e. The Morgan fingerprint density at radius 3 is 2.82 bits per heavy atom. The fourth-order valence-electron chi connectivity index (χ4n) is 2.17. The van der Waals surface area contributed by atoms with Crippen LogP contribution >= 0.6 is 15.9 Å². The van der Waals surface area contributed by atoms with E-state index in [1.807, 2.05) is 0 Å². The van der Waals surface area contributed by atoms with Crippen molar-refractivity contribution >= 4 is 27.8 Å². The van der Waals surface area contributed by atoms with Gasteiger partial charge in [-0.15, -0.1) is 0 Å². The largest absolute Gasteiger partial charge is 0.323 e. The summed E-state index contributed by atoms with van der Waals surface area (Å²) in [6, 6.07) is 4.51. The summed E-state index contributed by atoms with van der Waals surface area (Å²) in [7, 11) is 0. The van der Waals surface area contributed by atoms with E-state index in [1.54, 1.807) is 24.4 Å². The second-order valence-electron chi connectivity index (χ2n) is 4.92. The minimum Gasteiger partial charge on any atom is -0.318 e. The van der Waals surface area contributed by atoms with Gasteiger partial charge in [-0.05, 0) is 28.1 Å². The normalized spacial score (nSPS) is 16.8. The van der Waals surface area contributed by atoms with Crippen molar-refractivity contribution in [2.45, 2.75) is 12.3 Å². The highest BCUT2D eigenvalue weighted by atomic mass is 79.9. The molecule has 1 aliphatic heterocycles. The summed E-state index contributed by atoms with van der Waals surface area (Å²) >= 11 is 3.28. The molecule has 2 aromatic rings. The number of alkyl halides is 2. The van der Waals surface area contributed by atoms with Crippen molar-refractivity contribution in [1.82, 2.24) is 19.7 Å². The summed E-state index contributed by atoms with van der Waals surface area (Å²) in [6.07, 6.45) is 2.79. The molecule has 1 N–H and O–H groups in total. The molecule has 116 valence electrons. The van der Waals surface area contributed by atoms with Gasteiger partial charge in [-0.2, -0.15) is 9.78 Å². The summed E-state index contributed by atoms with van der Waals surface area (Å²) in [5, 5.41) is 6.67. The van der Waals surface area contributed by atoms with Crippen LogP contribution in [0.2, 0.25) is 0 Å². The number of nitrogens with zero attached hydrogens (tertiary/aromatic N) is 4. The van der Waals surface area contributed by atoms with Crippen LogP contribution in [0.15, 0.2) is 35.1 Å². The standard InChI is InChI=1S/C13H12BrF2N5O/c14-9-1-2-10(17-7-9)21-11(3-5-18-21)19-12(22)20-6-4-13(15,16)8-20/h1-3,5,7H,4,6,8H2,(H,19,22). The summed E-state index contributed by atoms with van der Waals surface area (Å²) in [5.74, 6) is -1.93. The molecule has 0 unspecified atom stereocenters. The van der Waals surface area contributed by atoms with Crippen LogP contribution in [0.5, 0.6) is 0 Å². The van der Waals surface area contributed by atoms with Crippen molar-refractivity contribution in [1.29, 1.82) is 0 Å². The second-order valence-corrected chi connectivity index (χ2v) is 5.84. The Hall–Kier alpha value is -2.03. The Morgan fingerprint density at radius 2 is 2.18 bits per heavy atom. The molecule has 1 fully saturated rings. The highest BCUT2D eigenvalue weighted by Crippen LogP contribution is 2.27. The topological polar surface area (TPSA) is 63.1 Å². The average molecular weight is 372 g/mol. The van der Waals surface area contributed by atoms with E-state index in [9.17, 15) is 13.6 Å². The van der Waals surface area contributed by atoms with Gasteiger partial charge in [-0.1, -0.05) is 0 Å². The number of pyridine rings is 1. The van der Waals surface area contributed by atoms with Gasteiger partial charge in [0.2, 0.25) is 0 Å². The summed E-state index contributed by atoms with van der Waals surface area (Å²) in [6.45, 7) is -0.535. The maximum Gasteiger partial charge on any atom is 0.323 e. The van der Waals surface area contributed by atoms with Crippen LogP contribution in [0.4, 0.5) is 19.4 Å². The third kappa shape index (κ3) is 3.08. The number of anilines is 1. The Kier molecular flexibility index (Phi) is 3.81.